The van der Waals surface area contributed by atoms with Crippen LogP contribution in [0.5, 0.6) is 0 Å². The summed E-state index contributed by atoms with van der Waals surface area (Å²) in [5, 5.41) is 4.28. The van der Waals surface area contributed by atoms with Crippen molar-refractivity contribution in [3.63, 3.8) is 0 Å². The minimum Gasteiger partial charge on any atom is -0.314 e. The second kappa shape index (κ2) is 6.39. The predicted octanol–water partition coefficient (Wildman–Crippen LogP) is 2.57. The fraction of sp³-hybridized carbons (Fsp3) is 0.571. The van der Waals surface area contributed by atoms with Crippen LogP contribution in [0.4, 0.5) is 0 Å². The van der Waals surface area contributed by atoms with Crippen LogP contribution in [-0.2, 0) is 6.42 Å². The topological polar surface area (TPSA) is 15.3 Å². The summed E-state index contributed by atoms with van der Waals surface area (Å²) in [6, 6.07) is 8.92. The average molecular weight is 253 g/mol. The lowest BCUT2D eigenvalue weighted by Gasteiger charge is -2.35. The Morgan fingerprint density at radius 1 is 1.35 bits per heavy atom. The highest BCUT2D eigenvalue weighted by Crippen LogP contribution is 2.12. The van der Waals surface area contributed by atoms with Crippen LogP contribution in [-0.4, -0.2) is 37.1 Å². The number of hydrogen-bond acceptors (Lipinski definition) is 2. The van der Waals surface area contributed by atoms with Crippen molar-refractivity contribution in [2.24, 2.45) is 0 Å². The van der Waals surface area contributed by atoms with E-state index in [1.807, 2.05) is 12.1 Å². The lowest BCUT2D eigenvalue weighted by Crippen LogP contribution is -2.51. The molecule has 1 aliphatic rings. The molecule has 1 saturated heterocycles. The van der Waals surface area contributed by atoms with Crippen LogP contribution in [0, 0.1) is 0 Å². The van der Waals surface area contributed by atoms with Crippen molar-refractivity contribution < 1.29 is 0 Å². The van der Waals surface area contributed by atoms with Crippen molar-refractivity contribution in [1.29, 1.82) is 0 Å². The zero-order valence-electron chi connectivity index (χ0n) is 10.5. The molecule has 0 aromatic heterocycles. The molecule has 1 aromatic carbocycles. The van der Waals surface area contributed by atoms with E-state index in [9.17, 15) is 0 Å². The number of halogens is 1. The Bertz CT molecular complexity index is 337. The maximum atomic E-state index is 5.89. The van der Waals surface area contributed by atoms with Gasteiger partial charge in [0.2, 0.25) is 0 Å². The second-order valence-electron chi connectivity index (χ2n) is 4.68. The van der Waals surface area contributed by atoms with E-state index < -0.39 is 0 Å². The smallest absolute Gasteiger partial charge is 0.0406 e. The van der Waals surface area contributed by atoms with Gasteiger partial charge in [-0.1, -0.05) is 30.7 Å². The molecule has 0 aliphatic carbocycles. The van der Waals surface area contributed by atoms with Crippen LogP contribution in [0.25, 0.3) is 0 Å². The molecule has 1 N–H and O–H groups in total. The molecule has 2 nitrogen and oxygen atoms in total. The van der Waals surface area contributed by atoms with Gasteiger partial charge in [0.05, 0.1) is 0 Å². The summed E-state index contributed by atoms with van der Waals surface area (Å²) in [6.07, 6.45) is 2.35. The van der Waals surface area contributed by atoms with Crippen LogP contribution < -0.4 is 5.32 Å². The van der Waals surface area contributed by atoms with E-state index in [1.165, 1.54) is 18.5 Å². The normalized spacial score (nSPS) is 21.6. The molecule has 0 bridgehead atoms. The quantitative estimate of drug-likeness (QED) is 0.886. The van der Waals surface area contributed by atoms with Crippen LogP contribution in [0.2, 0.25) is 5.02 Å². The molecule has 1 atom stereocenters. The third kappa shape index (κ3) is 3.70. The van der Waals surface area contributed by atoms with Gasteiger partial charge in [-0.25, -0.2) is 0 Å². The summed E-state index contributed by atoms with van der Waals surface area (Å²) in [5.74, 6) is 0. The fourth-order valence-corrected chi connectivity index (χ4v) is 2.55. The van der Waals surface area contributed by atoms with E-state index in [0.717, 1.165) is 31.1 Å². The van der Waals surface area contributed by atoms with E-state index in [1.54, 1.807) is 0 Å². The van der Waals surface area contributed by atoms with Crippen molar-refractivity contribution in [1.82, 2.24) is 10.2 Å². The third-order valence-electron chi connectivity index (χ3n) is 3.54. The number of nitrogens with zero attached hydrogens (tertiary/aromatic N) is 1. The Labute approximate surface area is 109 Å². The lowest BCUT2D eigenvalue weighted by molar-refractivity contribution is 0.159. The highest BCUT2D eigenvalue weighted by molar-refractivity contribution is 6.30. The van der Waals surface area contributed by atoms with Gasteiger partial charge in [-0.2, -0.15) is 0 Å². The molecule has 0 spiro atoms. The summed E-state index contributed by atoms with van der Waals surface area (Å²) in [5.41, 5.74) is 1.38. The predicted molar refractivity (Wildman–Crippen MR) is 73.7 cm³/mol. The van der Waals surface area contributed by atoms with Gasteiger partial charge in [0.25, 0.3) is 0 Å². The van der Waals surface area contributed by atoms with Crippen molar-refractivity contribution in [2.45, 2.75) is 25.8 Å². The molecule has 0 saturated carbocycles. The molecule has 17 heavy (non-hydrogen) atoms. The van der Waals surface area contributed by atoms with E-state index in [0.29, 0.717) is 6.04 Å². The van der Waals surface area contributed by atoms with Crippen molar-refractivity contribution >= 4 is 11.6 Å². The van der Waals surface area contributed by atoms with Gasteiger partial charge in [0, 0.05) is 37.2 Å². The molecule has 1 aromatic rings. The lowest BCUT2D eigenvalue weighted by atomic mass is 10.1. The second-order valence-corrected chi connectivity index (χ2v) is 5.12. The minimum absolute atomic E-state index is 0.705. The van der Waals surface area contributed by atoms with Crippen LogP contribution >= 0.6 is 11.6 Å². The first-order valence-corrected chi connectivity index (χ1v) is 6.86. The van der Waals surface area contributed by atoms with E-state index in [-0.39, 0.29) is 0 Å². The number of benzene rings is 1. The summed E-state index contributed by atoms with van der Waals surface area (Å²) in [4.78, 5) is 2.60. The molecule has 1 heterocycles. The first kappa shape index (κ1) is 12.9. The SMILES string of the molecule is CCC1CNCCN1CCc1ccc(Cl)cc1. The molecule has 1 unspecified atom stereocenters. The van der Waals surface area contributed by atoms with Gasteiger partial charge in [0.15, 0.2) is 0 Å². The number of hydrogen-bond donors (Lipinski definition) is 1. The van der Waals surface area contributed by atoms with Crippen LogP contribution in [0.15, 0.2) is 24.3 Å². The first-order chi connectivity index (χ1) is 8.29. The number of piperazine rings is 1. The minimum atomic E-state index is 0.705. The Morgan fingerprint density at radius 2 is 2.12 bits per heavy atom. The van der Waals surface area contributed by atoms with Gasteiger partial charge in [-0.3, -0.25) is 4.90 Å². The standard InChI is InChI=1S/C14H21ClN2/c1-2-14-11-16-8-10-17(14)9-7-12-3-5-13(15)6-4-12/h3-6,14,16H,2,7-11H2,1H3. The third-order valence-corrected chi connectivity index (χ3v) is 3.80. The van der Waals surface area contributed by atoms with Crippen molar-refractivity contribution in [3.8, 4) is 0 Å². The zero-order valence-corrected chi connectivity index (χ0v) is 11.2. The van der Waals surface area contributed by atoms with Crippen molar-refractivity contribution in [2.75, 3.05) is 26.2 Å². The monoisotopic (exact) mass is 252 g/mol. The largest absolute Gasteiger partial charge is 0.314 e. The van der Waals surface area contributed by atoms with Gasteiger partial charge in [0.1, 0.15) is 0 Å². The molecule has 0 radical (unpaired) electrons. The Kier molecular flexibility index (Phi) is 4.84. The highest BCUT2D eigenvalue weighted by Gasteiger charge is 2.19. The maximum absolute atomic E-state index is 5.89. The summed E-state index contributed by atoms with van der Waals surface area (Å²) < 4.78 is 0. The number of nitrogens with one attached hydrogen (secondary N) is 1. The Morgan fingerprint density at radius 3 is 2.82 bits per heavy atom. The molecule has 1 aliphatic heterocycles. The molecule has 3 heteroatoms. The number of rotatable bonds is 4. The summed E-state index contributed by atoms with van der Waals surface area (Å²) in [7, 11) is 0. The molecular formula is C14H21ClN2. The first-order valence-electron chi connectivity index (χ1n) is 6.49. The van der Waals surface area contributed by atoms with E-state index in [2.05, 4.69) is 29.3 Å². The van der Waals surface area contributed by atoms with Crippen LogP contribution in [0.3, 0.4) is 0 Å². The van der Waals surface area contributed by atoms with E-state index in [4.69, 9.17) is 11.6 Å². The summed E-state index contributed by atoms with van der Waals surface area (Å²) in [6.45, 7) is 6.86. The Balaban J connectivity index is 1.86. The van der Waals surface area contributed by atoms with Crippen molar-refractivity contribution in [3.05, 3.63) is 34.9 Å². The molecule has 1 fully saturated rings. The molecule has 2 rings (SSSR count). The average Bonchev–Trinajstić information content (AvgIpc) is 2.38. The van der Waals surface area contributed by atoms with Crippen LogP contribution in [0.1, 0.15) is 18.9 Å². The van der Waals surface area contributed by atoms with Gasteiger partial charge in [-0.15, -0.1) is 0 Å². The zero-order chi connectivity index (χ0) is 12.1. The maximum Gasteiger partial charge on any atom is 0.0406 e. The van der Waals surface area contributed by atoms with Gasteiger partial charge >= 0.3 is 0 Å². The van der Waals surface area contributed by atoms with Gasteiger partial charge < -0.3 is 5.32 Å². The fourth-order valence-electron chi connectivity index (χ4n) is 2.42. The molecule has 94 valence electrons. The highest BCUT2D eigenvalue weighted by atomic mass is 35.5. The molecular weight excluding hydrogens is 232 g/mol. The summed E-state index contributed by atoms with van der Waals surface area (Å²) >= 11 is 5.89. The Hall–Kier alpha value is -0.570. The van der Waals surface area contributed by atoms with E-state index >= 15 is 0 Å². The van der Waals surface area contributed by atoms with Gasteiger partial charge in [-0.05, 0) is 30.5 Å². The molecule has 0 amide bonds.